The molecule has 0 saturated carbocycles. The van der Waals surface area contributed by atoms with Gasteiger partial charge in [0.15, 0.2) is 5.82 Å². The standard InChI is InChI=1S/C14H19N5O2/c1-10-8-11(2)19(17-10)13-5-4-12(9-15-13)16-14(21)18(3)6-7-20/h4-5,8-9,20H,6-7H2,1-3H3,(H,16,21). The Hall–Kier alpha value is -2.41. The highest BCUT2D eigenvalue weighted by molar-refractivity contribution is 5.88. The second-order valence-corrected chi connectivity index (χ2v) is 4.82. The molecule has 2 amide bonds. The van der Waals surface area contributed by atoms with Gasteiger partial charge in [-0.2, -0.15) is 5.10 Å². The number of nitrogens with one attached hydrogen (secondary N) is 1. The fourth-order valence-corrected chi connectivity index (χ4v) is 1.92. The molecule has 0 atom stereocenters. The summed E-state index contributed by atoms with van der Waals surface area (Å²) in [6.07, 6.45) is 1.58. The van der Waals surface area contributed by atoms with Crippen molar-refractivity contribution in [1.29, 1.82) is 0 Å². The summed E-state index contributed by atoms with van der Waals surface area (Å²) in [4.78, 5) is 17.5. The number of aryl methyl sites for hydroxylation is 2. The molecule has 21 heavy (non-hydrogen) atoms. The maximum absolute atomic E-state index is 11.8. The van der Waals surface area contributed by atoms with Gasteiger partial charge >= 0.3 is 6.03 Å². The number of urea groups is 1. The van der Waals surface area contributed by atoms with Gasteiger partial charge < -0.3 is 15.3 Å². The number of rotatable bonds is 4. The van der Waals surface area contributed by atoms with E-state index >= 15 is 0 Å². The zero-order chi connectivity index (χ0) is 15.4. The molecule has 2 rings (SSSR count). The molecule has 0 aromatic carbocycles. The molecule has 7 nitrogen and oxygen atoms in total. The summed E-state index contributed by atoms with van der Waals surface area (Å²) in [6, 6.07) is 5.25. The molecule has 112 valence electrons. The van der Waals surface area contributed by atoms with Gasteiger partial charge in [-0.05, 0) is 32.0 Å². The maximum Gasteiger partial charge on any atom is 0.321 e. The molecule has 2 heterocycles. The summed E-state index contributed by atoms with van der Waals surface area (Å²) in [6.45, 7) is 4.10. The monoisotopic (exact) mass is 289 g/mol. The van der Waals surface area contributed by atoms with Gasteiger partial charge in [0.05, 0.1) is 24.2 Å². The number of pyridine rings is 1. The second kappa shape index (κ2) is 6.36. The van der Waals surface area contributed by atoms with Gasteiger partial charge in [0, 0.05) is 19.3 Å². The summed E-state index contributed by atoms with van der Waals surface area (Å²) in [5.74, 6) is 0.697. The maximum atomic E-state index is 11.8. The van der Waals surface area contributed by atoms with Crippen LogP contribution in [-0.4, -0.2) is 51.0 Å². The Balaban J connectivity index is 2.09. The van der Waals surface area contributed by atoms with Crippen LogP contribution in [0.3, 0.4) is 0 Å². The van der Waals surface area contributed by atoms with E-state index in [2.05, 4.69) is 15.4 Å². The van der Waals surface area contributed by atoms with E-state index in [1.807, 2.05) is 19.9 Å². The van der Waals surface area contributed by atoms with E-state index in [9.17, 15) is 4.79 Å². The lowest BCUT2D eigenvalue weighted by Crippen LogP contribution is -2.33. The van der Waals surface area contributed by atoms with Gasteiger partial charge in [0.25, 0.3) is 0 Å². The van der Waals surface area contributed by atoms with E-state index in [-0.39, 0.29) is 19.2 Å². The summed E-state index contributed by atoms with van der Waals surface area (Å²) in [5.41, 5.74) is 2.52. The van der Waals surface area contributed by atoms with Crippen molar-refractivity contribution in [2.45, 2.75) is 13.8 Å². The average Bonchev–Trinajstić information content (AvgIpc) is 2.79. The zero-order valence-corrected chi connectivity index (χ0v) is 12.4. The first-order valence-electron chi connectivity index (χ1n) is 6.64. The lowest BCUT2D eigenvalue weighted by molar-refractivity contribution is 0.202. The summed E-state index contributed by atoms with van der Waals surface area (Å²) >= 11 is 0. The number of carbonyl (C=O) groups is 1. The van der Waals surface area contributed by atoms with Gasteiger partial charge in [0.1, 0.15) is 0 Å². The van der Waals surface area contributed by atoms with Crippen molar-refractivity contribution >= 4 is 11.7 Å². The van der Waals surface area contributed by atoms with Crippen LogP contribution in [0, 0.1) is 13.8 Å². The number of aromatic nitrogens is 3. The minimum atomic E-state index is -0.287. The first-order valence-corrected chi connectivity index (χ1v) is 6.64. The smallest absolute Gasteiger partial charge is 0.321 e. The molecule has 0 spiro atoms. The molecule has 2 N–H and O–H groups in total. The number of nitrogens with zero attached hydrogens (tertiary/aromatic N) is 4. The Kier molecular flexibility index (Phi) is 4.54. The molecule has 2 aromatic rings. The number of aliphatic hydroxyl groups excluding tert-OH is 1. The quantitative estimate of drug-likeness (QED) is 0.889. The van der Waals surface area contributed by atoms with Crippen LogP contribution in [0.2, 0.25) is 0 Å². The molecule has 0 fully saturated rings. The molecule has 0 radical (unpaired) electrons. The van der Waals surface area contributed by atoms with E-state index in [1.165, 1.54) is 4.90 Å². The van der Waals surface area contributed by atoms with Gasteiger partial charge in [0.2, 0.25) is 0 Å². The molecule has 2 aromatic heterocycles. The number of amides is 2. The fourth-order valence-electron chi connectivity index (χ4n) is 1.92. The van der Waals surface area contributed by atoms with Crippen molar-refractivity contribution < 1.29 is 9.90 Å². The topological polar surface area (TPSA) is 83.3 Å². The van der Waals surface area contributed by atoms with Gasteiger partial charge in [-0.3, -0.25) is 0 Å². The lowest BCUT2D eigenvalue weighted by atomic mass is 10.4. The third kappa shape index (κ3) is 3.57. The normalized spacial score (nSPS) is 10.5. The van der Waals surface area contributed by atoms with Crippen molar-refractivity contribution in [3.63, 3.8) is 0 Å². The van der Waals surface area contributed by atoms with Crippen LogP contribution < -0.4 is 5.32 Å². The summed E-state index contributed by atoms with van der Waals surface area (Å²) in [7, 11) is 1.61. The van der Waals surface area contributed by atoms with E-state index in [4.69, 9.17) is 5.11 Å². The Bertz CT molecular complexity index is 621. The van der Waals surface area contributed by atoms with Crippen molar-refractivity contribution in [3.05, 3.63) is 35.8 Å². The van der Waals surface area contributed by atoms with E-state index in [0.717, 1.165) is 11.4 Å². The number of hydrogen-bond acceptors (Lipinski definition) is 4. The molecule has 0 aliphatic heterocycles. The SMILES string of the molecule is Cc1cc(C)n(-c2ccc(NC(=O)N(C)CCO)cn2)n1. The molecular weight excluding hydrogens is 270 g/mol. The Morgan fingerprint density at radius 1 is 1.43 bits per heavy atom. The largest absolute Gasteiger partial charge is 0.395 e. The first-order chi connectivity index (χ1) is 10.0. The van der Waals surface area contributed by atoms with E-state index in [1.54, 1.807) is 30.1 Å². The molecule has 7 heteroatoms. The highest BCUT2D eigenvalue weighted by Crippen LogP contribution is 2.12. The minimum Gasteiger partial charge on any atom is -0.395 e. The summed E-state index contributed by atoms with van der Waals surface area (Å²) < 4.78 is 1.75. The van der Waals surface area contributed by atoms with Crippen molar-refractivity contribution in [3.8, 4) is 5.82 Å². The van der Waals surface area contributed by atoms with Crippen LogP contribution in [0.4, 0.5) is 10.5 Å². The molecule has 0 unspecified atom stereocenters. The van der Waals surface area contributed by atoms with Crippen LogP contribution in [0.15, 0.2) is 24.4 Å². The van der Waals surface area contributed by atoms with E-state index < -0.39 is 0 Å². The average molecular weight is 289 g/mol. The lowest BCUT2D eigenvalue weighted by Gasteiger charge is -2.16. The van der Waals surface area contributed by atoms with Gasteiger partial charge in [-0.15, -0.1) is 0 Å². The molecule has 0 aliphatic carbocycles. The van der Waals surface area contributed by atoms with Crippen molar-refractivity contribution in [2.75, 3.05) is 25.5 Å². The zero-order valence-electron chi connectivity index (χ0n) is 12.4. The fraction of sp³-hybridized carbons (Fsp3) is 0.357. The first kappa shape index (κ1) is 15.0. The van der Waals surface area contributed by atoms with Crippen LogP contribution >= 0.6 is 0 Å². The number of carbonyl (C=O) groups excluding carboxylic acids is 1. The summed E-state index contributed by atoms with van der Waals surface area (Å²) in [5, 5.41) is 15.9. The van der Waals surface area contributed by atoms with E-state index in [0.29, 0.717) is 11.5 Å². The number of hydrogen-bond donors (Lipinski definition) is 2. The Labute approximate surface area is 123 Å². The van der Waals surface area contributed by atoms with Crippen molar-refractivity contribution in [2.24, 2.45) is 0 Å². The molecule has 0 saturated heterocycles. The highest BCUT2D eigenvalue weighted by Gasteiger charge is 2.09. The molecular formula is C14H19N5O2. The number of aliphatic hydroxyl groups is 1. The second-order valence-electron chi connectivity index (χ2n) is 4.82. The minimum absolute atomic E-state index is 0.0704. The number of likely N-dealkylation sites (N-methyl/N-ethyl adjacent to an activating group) is 1. The predicted octanol–water partition coefficient (Wildman–Crippen LogP) is 1.34. The molecule has 0 aliphatic rings. The number of anilines is 1. The van der Waals surface area contributed by atoms with Crippen LogP contribution in [-0.2, 0) is 0 Å². The van der Waals surface area contributed by atoms with Gasteiger partial charge in [-0.25, -0.2) is 14.5 Å². The van der Waals surface area contributed by atoms with Crippen molar-refractivity contribution in [1.82, 2.24) is 19.7 Å². The van der Waals surface area contributed by atoms with Crippen LogP contribution in [0.25, 0.3) is 5.82 Å². The Morgan fingerprint density at radius 3 is 2.71 bits per heavy atom. The third-order valence-corrected chi connectivity index (χ3v) is 3.01. The van der Waals surface area contributed by atoms with Gasteiger partial charge in [-0.1, -0.05) is 0 Å². The highest BCUT2D eigenvalue weighted by atomic mass is 16.3. The predicted molar refractivity (Wildman–Crippen MR) is 79.6 cm³/mol. The van der Waals surface area contributed by atoms with Crippen LogP contribution in [0.1, 0.15) is 11.4 Å². The third-order valence-electron chi connectivity index (χ3n) is 3.01. The Morgan fingerprint density at radius 2 is 2.19 bits per heavy atom. The van der Waals surface area contributed by atoms with Crippen LogP contribution in [0.5, 0.6) is 0 Å². The molecule has 0 bridgehead atoms.